The molecule has 0 atom stereocenters. The Morgan fingerprint density at radius 2 is 2.24 bits per heavy atom. The highest BCUT2D eigenvalue weighted by atomic mass is 35.5. The van der Waals surface area contributed by atoms with E-state index in [-0.39, 0.29) is 5.56 Å². The summed E-state index contributed by atoms with van der Waals surface area (Å²) in [6, 6.07) is 7.27. The smallest absolute Gasteiger partial charge is 0.275 e. The number of H-pyrrole nitrogens is 1. The number of aromatic nitrogens is 2. The average molecular weight is 250 g/mol. The first-order valence-electron chi connectivity index (χ1n) is 5.55. The first-order chi connectivity index (χ1) is 8.25. The van der Waals surface area contributed by atoms with E-state index in [0.29, 0.717) is 11.6 Å². The predicted molar refractivity (Wildman–Crippen MR) is 66.8 cm³/mol. The van der Waals surface area contributed by atoms with Crippen molar-refractivity contribution in [1.82, 2.24) is 15.1 Å². The Balaban J connectivity index is 2.16. The van der Waals surface area contributed by atoms with E-state index in [4.69, 9.17) is 11.6 Å². The van der Waals surface area contributed by atoms with Gasteiger partial charge in [-0.15, -0.1) is 0 Å². The molecule has 0 spiro atoms. The molecule has 0 unspecified atom stereocenters. The molecule has 4 nitrogen and oxygen atoms in total. The van der Waals surface area contributed by atoms with Crippen LogP contribution in [0.5, 0.6) is 0 Å². The Hall–Kier alpha value is -1.52. The standard InChI is InChI=1S/C12H12ClN3O/c13-8-2-1-3-9(6-8)16-12(17)10-7-14-5-4-11(10)15-16/h1-3,6,14-15H,4-5,7H2. The summed E-state index contributed by atoms with van der Waals surface area (Å²) < 4.78 is 1.56. The second-order valence-corrected chi connectivity index (χ2v) is 4.55. The molecule has 0 fully saturated rings. The summed E-state index contributed by atoms with van der Waals surface area (Å²) in [5.41, 5.74) is 2.64. The Kier molecular flexibility index (Phi) is 2.53. The van der Waals surface area contributed by atoms with Gasteiger partial charge in [0, 0.05) is 30.2 Å². The molecule has 0 radical (unpaired) electrons. The lowest BCUT2D eigenvalue weighted by Gasteiger charge is -2.09. The van der Waals surface area contributed by atoms with Gasteiger partial charge in [0.15, 0.2) is 0 Å². The van der Waals surface area contributed by atoms with E-state index >= 15 is 0 Å². The zero-order chi connectivity index (χ0) is 11.8. The largest absolute Gasteiger partial charge is 0.312 e. The maximum absolute atomic E-state index is 12.2. The van der Waals surface area contributed by atoms with Crippen molar-refractivity contribution >= 4 is 11.6 Å². The van der Waals surface area contributed by atoms with E-state index in [0.717, 1.165) is 29.9 Å². The first-order valence-corrected chi connectivity index (χ1v) is 5.93. The predicted octanol–water partition coefficient (Wildman–Crippen LogP) is 1.46. The average Bonchev–Trinajstić information content (AvgIpc) is 2.68. The number of benzene rings is 1. The van der Waals surface area contributed by atoms with E-state index in [2.05, 4.69) is 10.4 Å². The highest BCUT2D eigenvalue weighted by Gasteiger charge is 2.17. The summed E-state index contributed by atoms with van der Waals surface area (Å²) in [5, 5.41) is 6.97. The number of fused-ring (bicyclic) bond motifs is 1. The number of hydrogen-bond acceptors (Lipinski definition) is 2. The summed E-state index contributed by atoms with van der Waals surface area (Å²) in [5.74, 6) is 0. The van der Waals surface area contributed by atoms with Crippen LogP contribution in [0, 0.1) is 0 Å². The normalized spacial score (nSPS) is 14.6. The number of rotatable bonds is 1. The minimum absolute atomic E-state index is 0.00877. The summed E-state index contributed by atoms with van der Waals surface area (Å²) in [7, 11) is 0. The van der Waals surface area contributed by atoms with Gasteiger partial charge in [0.1, 0.15) is 0 Å². The molecule has 2 heterocycles. The minimum atomic E-state index is 0.00877. The van der Waals surface area contributed by atoms with Gasteiger partial charge in [-0.3, -0.25) is 9.89 Å². The van der Waals surface area contributed by atoms with Crippen molar-refractivity contribution in [3.05, 3.63) is 50.9 Å². The maximum Gasteiger partial charge on any atom is 0.275 e. The molecule has 0 saturated heterocycles. The van der Waals surface area contributed by atoms with E-state index in [1.165, 1.54) is 0 Å². The quantitative estimate of drug-likeness (QED) is 0.804. The topological polar surface area (TPSA) is 49.8 Å². The van der Waals surface area contributed by atoms with Gasteiger partial charge in [-0.1, -0.05) is 17.7 Å². The van der Waals surface area contributed by atoms with E-state index in [9.17, 15) is 4.79 Å². The first kappa shape index (κ1) is 10.6. The Morgan fingerprint density at radius 1 is 1.35 bits per heavy atom. The van der Waals surface area contributed by atoms with Crippen LogP contribution in [0.1, 0.15) is 11.3 Å². The number of hydrogen-bond donors (Lipinski definition) is 2. The molecule has 0 bridgehead atoms. The fraction of sp³-hybridized carbons (Fsp3) is 0.250. The van der Waals surface area contributed by atoms with Crippen molar-refractivity contribution < 1.29 is 0 Å². The number of nitrogens with zero attached hydrogens (tertiary/aromatic N) is 1. The van der Waals surface area contributed by atoms with Crippen molar-refractivity contribution in [2.24, 2.45) is 0 Å². The van der Waals surface area contributed by atoms with Crippen LogP contribution in [0.4, 0.5) is 0 Å². The van der Waals surface area contributed by atoms with Crippen molar-refractivity contribution in [1.29, 1.82) is 0 Å². The molecule has 1 aromatic carbocycles. The molecule has 0 amide bonds. The molecule has 3 rings (SSSR count). The zero-order valence-electron chi connectivity index (χ0n) is 9.16. The molecule has 1 aliphatic heterocycles. The highest BCUT2D eigenvalue weighted by molar-refractivity contribution is 6.30. The van der Waals surface area contributed by atoms with Crippen LogP contribution in [0.15, 0.2) is 29.1 Å². The Labute approximate surface area is 103 Å². The third kappa shape index (κ3) is 1.79. The molecule has 5 heteroatoms. The van der Waals surface area contributed by atoms with Crippen molar-refractivity contribution in [3.63, 3.8) is 0 Å². The third-order valence-electron chi connectivity index (χ3n) is 2.99. The number of halogens is 1. The molecular formula is C12H12ClN3O. The van der Waals surface area contributed by atoms with Gasteiger partial charge in [-0.05, 0) is 18.2 Å². The zero-order valence-corrected chi connectivity index (χ0v) is 9.92. The molecule has 2 N–H and O–H groups in total. The lowest BCUT2D eigenvalue weighted by Crippen LogP contribution is -2.27. The third-order valence-corrected chi connectivity index (χ3v) is 3.23. The van der Waals surface area contributed by atoms with Crippen molar-refractivity contribution in [3.8, 4) is 5.69 Å². The molecule has 1 aromatic heterocycles. The summed E-state index contributed by atoms with van der Waals surface area (Å²) >= 11 is 5.93. The lowest BCUT2D eigenvalue weighted by atomic mass is 10.1. The van der Waals surface area contributed by atoms with Gasteiger partial charge in [0.2, 0.25) is 0 Å². The fourth-order valence-electron chi connectivity index (χ4n) is 2.13. The molecular weight excluding hydrogens is 238 g/mol. The molecule has 0 aliphatic carbocycles. The fourth-order valence-corrected chi connectivity index (χ4v) is 2.31. The summed E-state index contributed by atoms with van der Waals surface area (Å²) in [6.07, 6.45) is 0.859. The van der Waals surface area contributed by atoms with Gasteiger partial charge in [-0.25, -0.2) is 4.68 Å². The van der Waals surface area contributed by atoms with Crippen LogP contribution < -0.4 is 10.9 Å². The Bertz CT molecular complexity index is 614. The molecule has 1 aliphatic rings. The van der Waals surface area contributed by atoms with Crippen LogP contribution in [0.25, 0.3) is 5.69 Å². The second kappa shape index (κ2) is 4.05. The minimum Gasteiger partial charge on any atom is -0.312 e. The van der Waals surface area contributed by atoms with Gasteiger partial charge >= 0.3 is 0 Å². The van der Waals surface area contributed by atoms with Crippen LogP contribution >= 0.6 is 11.6 Å². The summed E-state index contributed by atoms with van der Waals surface area (Å²) in [4.78, 5) is 12.2. The molecule has 2 aromatic rings. The van der Waals surface area contributed by atoms with Crippen LogP contribution in [-0.2, 0) is 13.0 Å². The summed E-state index contributed by atoms with van der Waals surface area (Å²) in [6.45, 7) is 1.54. The van der Waals surface area contributed by atoms with Gasteiger partial charge in [-0.2, -0.15) is 0 Å². The Morgan fingerprint density at radius 3 is 3.00 bits per heavy atom. The molecule has 17 heavy (non-hydrogen) atoms. The van der Waals surface area contributed by atoms with Crippen LogP contribution in [0.3, 0.4) is 0 Å². The molecule has 0 saturated carbocycles. The number of aromatic amines is 1. The second-order valence-electron chi connectivity index (χ2n) is 4.12. The van der Waals surface area contributed by atoms with Crippen LogP contribution in [-0.4, -0.2) is 16.3 Å². The van der Waals surface area contributed by atoms with E-state index < -0.39 is 0 Å². The van der Waals surface area contributed by atoms with E-state index in [1.54, 1.807) is 16.8 Å². The maximum atomic E-state index is 12.2. The van der Waals surface area contributed by atoms with Gasteiger partial charge < -0.3 is 5.32 Å². The van der Waals surface area contributed by atoms with Crippen LogP contribution in [0.2, 0.25) is 5.02 Å². The van der Waals surface area contributed by atoms with Gasteiger partial charge in [0.25, 0.3) is 5.56 Å². The van der Waals surface area contributed by atoms with Gasteiger partial charge in [0.05, 0.1) is 11.3 Å². The van der Waals surface area contributed by atoms with Crippen molar-refractivity contribution in [2.75, 3.05) is 6.54 Å². The highest BCUT2D eigenvalue weighted by Crippen LogP contribution is 2.15. The monoisotopic (exact) mass is 249 g/mol. The van der Waals surface area contributed by atoms with Crippen molar-refractivity contribution in [2.45, 2.75) is 13.0 Å². The molecule has 88 valence electrons. The number of nitrogens with one attached hydrogen (secondary N) is 2. The lowest BCUT2D eigenvalue weighted by molar-refractivity contribution is 0.634. The SMILES string of the molecule is O=c1c2c([nH]n1-c1cccc(Cl)c1)CCNC2. The van der Waals surface area contributed by atoms with E-state index in [1.807, 2.05) is 12.1 Å².